The second kappa shape index (κ2) is 5.07. The lowest BCUT2D eigenvalue weighted by Gasteiger charge is -2.28. The van der Waals surface area contributed by atoms with Crippen molar-refractivity contribution < 1.29 is 9.18 Å². The number of nitrogens with zero attached hydrogens (tertiary/aromatic N) is 2. The van der Waals surface area contributed by atoms with Crippen LogP contribution < -0.4 is 5.32 Å². The van der Waals surface area contributed by atoms with Crippen molar-refractivity contribution >= 4 is 11.6 Å². The normalized spacial score (nSPS) is 28.2. The van der Waals surface area contributed by atoms with Crippen LogP contribution in [0.3, 0.4) is 0 Å². The molecule has 116 valence electrons. The number of carbonyl (C=O) groups excluding carboxylic acids is 1. The van der Waals surface area contributed by atoms with Crippen molar-refractivity contribution in [3.05, 3.63) is 36.0 Å². The predicted octanol–water partition coefficient (Wildman–Crippen LogP) is 3.03. The molecule has 0 aliphatic heterocycles. The van der Waals surface area contributed by atoms with Crippen LogP contribution in [0.4, 0.5) is 4.39 Å². The van der Waals surface area contributed by atoms with Gasteiger partial charge in [0.05, 0.1) is 0 Å². The summed E-state index contributed by atoms with van der Waals surface area (Å²) in [5.41, 5.74) is 0.930. The third kappa shape index (κ3) is 2.28. The van der Waals surface area contributed by atoms with Gasteiger partial charge in [-0.1, -0.05) is 6.42 Å². The zero-order chi connectivity index (χ0) is 15.3. The number of hydrogen-bond donors (Lipinski definition) is 1. The number of aromatic nitrogens is 2. The highest BCUT2D eigenvalue weighted by molar-refractivity contribution is 5.93. The van der Waals surface area contributed by atoms with E-state index in [0.717, 1.165) is 11.8 Å². The zero-order valence-electron chi connectivity index (χ0n) is 12.6. The van der Waals surface area contributed by atoms with Crippen molar-refractivity contribution in [2.24, 2.45) is 17.8 Å². The molecule has 2 aromatic rings. The largest absolute Gasteiger partial charge is 0.348 e. The fourth-order valence-corrected chi connectivity index (χ4v) is 4.37. The maximum Gasteiger partial charge on any atom is 0.271 e. The fraction of sp³-hybridized carbons (Fsp3) is 0.529. The van der Waals surface area contributed by atoms with Crippen molar-refractivity contribution in [2.75, 3.05) is 0 Å². The predicted molar refractivity (Wildman–Crippen MR) is 81.0 cm³/mol. The van der Waals surface area contributed by atoms with Gasteiger partial charge in [0.2, 0.25) is 0 Å². The van der Waals surface area contributed by atoms with Crippen LogP contribution in [0.2, 0.25) is 0 Å². The highest BCUT2D eigenvalue weighted by Gasteiger charge is 2.42. The minimum Gasteiger partial charge on any atom is -0.348 e. The van der Waals surface area contributed by atoms with Crippen LogP contribution in [-0.2, 0) is 0 Å². The summed E-state index contributed by atoms with van der Waals surface area (Å²) in [6.07, 6.45) is 8.16. The lowest BCUT2D eigenvalue weighted by atomic mass is 9.84. The van der Waals surface area contributed by atoms with E-state index in [-0.39, 0.29) is 17.8 Å². The van der Waals surface area contributed by atoms with Gasteiger partial charge in [0, 0.05) is 18.4 Å². The van der Waals surface area contributed by atoms with Gasteiger partial charge in [0.15, 0.2) is 0 Å². The molecule has 2 heterocycles. The maximum atomic E-state index is 13.2. The number of fused-ring (bicyclic) bond motifs is 3. The first-order valence-electron chi connectivity index (χ1n) is 8.05. The Morgan fingerprint density at radius 3 is 2.95 bits per heavy atom. The minimum absolute atomic E-state index is 0.167. The summed E-state index contributed by atoms with van der Waals surface area (Å²) < 4.78 is 14.7. The molecule has 2 aromatic heterocycles. The zero-order valence-corrected chi connectivity index (χ0v) is 12.6. The van der Waals surface area contributed by atoms with Gasteiger partial charge in [-0.15, -0.1) is 0 Å². The van der Waals surface area contributed by atoms with Gasteiger partial charge >= 0.3 is 0 Å². The van der Waals surface area contributed by atoms with Gasteiger partial charge in [-0.05, 0) is 56.1 Å². The first-order valence-corrected chi connectivity index (χ1v) is 8.05. The Kier molecular flexibility index (Phi) is 3.17. The van der Waals surface area contributed by atoms with E-state index in [0.29, 0.717) is 17.3 Å². The molecule has 4 rings (SSSR count). The first-order chi connectivity index (χ1) is 10.6. The third-order valence-electron chi connectivity index (χ3n) is 5.44. The highest BCUT2D eigenvalue weighted by atomic mass is 19.1. The number of amides is 1. The van der Waals surface area contributed by atoms with E-state index in [4.69, 9.17) is 0 Å². The number of hydrogen-bond acceptors (Lipinski definition) is 2. The van der Waals surface area contributed by atoms with Crippen molar-refractivity contribution in [3.8, 4) is 0 Å². The Labute approximate surface area is 128 Å². The number of rotatable bonds is 3. The molecule has 0 aromatic carbocycles. The van der Waals surface area contributed by atoms with Gasteiger partial charge in [-0.3, -0.25) is 4.79 Å². The lowest BCUT2D eigenvalue weighted by Crippen LogP contribution is -2.40. The van der Waals surface area contributed by atoms with Crippen LogP contribution in [0, 0.1) is 23.6 Å². The summed E-state index contributed by atoms with van der Waals surface area (Å²) in [6, 6.07) is 3.09. The molecule has 4 unspecified atom stereocenters. The molecule has 4 atom stereocenters. The molecule has 2 saturated carbocycles. The van der Waals surface area contributed by atoms with Crippen molar-refractivity contribution in [2.45, 2.75) is 38.6 Å². The standard InChI is InChI=1S/C17H20FN3O/c1-10(14-7-11-2-3-12(14)6-11)19-17(22)15-9-21-8-13(18)4-5-16(21)20-15/h4-5,8-12,14H,2-3,6-7H2,1H3,(H,19,22). The average Bonchev–Trinajstić information content (AvgIpc) is 3.20. The van der Waals surface area contributed by atoms with Crippen LogP contribution in [0.5, 0.6) is 0 Å². The average molecular weight is 301 g/mol. The molecule has 1 N–H and O–H groups in total. The molecular weight excluding hydrogens is 281 g/mol. The number of nitrogens with one attached hydrogen (secondary N) is 1. The SMILES string of the molecule is CC(NC(=O)c1cn2cc(F)ccc2n1)C1CC2CCC1C2. The summed E-state index contributed by atoms with van der Waals surface area (Å²) in [5, 5.41) is 3.09. The molecule has 4 nitrogen and oxygen atoms in total. The van der Waals surface area contributed by atoms with Crippen LogP contribution in [0.15, 0.2) is 24.5 Å². The number of pyridine rings is 1. The van der Waals surface area contributed by atoms with E-state index in [1.54, 1.807) is 16.7 Å². The van der Waals surface area contributed by atoms with Gasteiger partial charge in [0.1, 0.15) is 17.2 Å². The summed E-state index contributed by atoms with van der Waals surface area (Å²) in [4.78, 5) is 16.7. The molecule has 0 radical (unpaired) electrons. The second-order valence-corrected chi connectivity index (χ2v) is 6.84. The Morgan fingerprint density at radius 1 is 1.36 bits per heavy atom. The van der Waals surface area contributed by atoms with E-state index in [2.05, 4.69) is 17.2 Å². The van der Waals surface area contributed by atoms with Crippen LogP contribution in [0.25, 0.3) is 5.65 Å². The summed E-state index contributed by atoms with van der Waals surface area (Å²) in [7, 11) is 0. The monoisotopic (exact) mass is 301 g/mol. The fourth-order valence-electron chi connectivity index (χ4n) is 4.37. The first kappa shape index (κ1) is 13.7. The molecular formula is C17H20FN3O. The highest BCUT2D eigenvalue weighted by Crippen LogP contribution is 2.49. The van der Waals surface area contributed by atoms with E-state index in [9.17, 15) is 9.18 Å². The van der Waals surface area contributed by atoms with Crippen molar-refractivity contribution in [1.82, 2.24) is 14.7 Å². The third-order valence-corrected chi connectivity index (χ3v) is 5.44. The number of imidazole rings is 1. The molecule has 0 spiro atoms. The van der Waals surface area contributed by atoms with Crippen LogP contribution in [0.1, 0.15) is 43.1 Å². The molecule has 5 heteroatoms. The maximum absolute atomic E-state index is 13.2. The topological polar surface area (TPSA) is 46.4 Å². The molecule has 2 aliphatic carbocycles. The van der Waals surface area contributed by atoms with Gasteiger partial charge in [0.25, 0.3) is 5.91 Å². The minimum atomic E-state index is -0.341. The van der Waals surface area contributed by atoms with Crippen LogP contribution in [-0.4, -0.2) is 21.3 Å². The van der Waals surface area contributed by atoms with Gasteiger partial charge in [-0.25, -0.2) is 9.37 Å². The molecule has 2 fully saturated rings. The number of halogens is 1. The number of carbonyl (C=O) groups is 1. The second-order valence-electron chi connectivity index (χ2n) is 6.84. The lowest BCUT2D eigenvalue weighted by molar-refractivity contribution is 0.0911. The van der Waals surface area contributed by atoms with Crippen LogP contribution >= 0.6 is 0 Å². The van der Waals surface area contributed by atoms with Gasteiger partial charge in [-0.2, -0.15) is 0 Å². The summed E-state index contributed by atoms with van der Waals surface area (Å²) >= 11 is 0. The Morgan fingerprint density at radius 2 is 2.23 bits per heavy atom. The molecule has 1 amide bonds. The Balaban J connectivity index is 1.48. The van der Waals surface area contributed by atoms with Gasteiger partial charge < -0.3 is 9.72 Å². The van der Waals surface area contributed by atoms with E-state index in [1.807, 2.05) is 0 Å². The molecule has 0 saturated heterocycles. The molecule has 2 bridgehead atoms. The molecule has 22 heavy (non-hydrogen) atoms. The van der Waals surface area contributed by atoms with E-state index >= 15 is 0 Å². The van der Waals surface area contributed by atoms with Crippen molar-refractivity contribution in [1.29, 1.82) is 0 Å². The Bertz CT molecular complexity index is 726. The Hall–Kier alpha value is -1.91. The smallest absolute Gasteiger partial charge is 0.271 e. The van der Waals surface area contributed by atoms with E-state index < -0.39 is 0 Å². The summed E-state index contributed by atoms with van der Waals surface area (Å²) in [6.45, 7) is 2.10. The van der Waals surface area contributed by atoms with Crippen molar-refractivity contribution in [3.63, 3.8) is 0 Å². The quantitative estimate of drug-likeness (QED) is 0.947. The van der Waals surface area contributed by atoms with E-state index in [1.165, 1.54) is 37.9 Å². The summed E-state index contributed by atoms with van der Waals surface area (Å²) in [5.74, 6) is 1.73. The molecule has 2 aliphatic rings.